The Morgan fingerprint density at radius 3 is 1.55 bits per heavy atom. The van der Waals surface area contributed by atoms with Crippen LogP contribution in [0.2, 0.25) is 0 Å². The molecule has 1 fully saturated rings. The van der Waals surface area contributed by atoms with Crippen LogP contribution in [0.1, 0.15) is 28.5 Å². The normalized spacial score (nSPS) is 23.9. The summed E-state index contributed by atoms with van der Waals surface area (Å²) in [6.45, 7) is 0. The number of imide groups is 1. The minimum absolute atomic E-state index is 0.0930. The van der Waals surface area contributed by atoms with E-state index in [4.69, 9.17) is 0 Å². The van der Waals surface area contributed by atoms with Crippen LogP contribution in [0.3, 0.4) is 0 Å². The lowest BCUT2D eigenvalue weighted by molar-refractivity contribution is -0.149. The van der Waals surface area contributed by atoms with E-state index in [1.165, 1.54) is 0 Å². The molecule has 5 heteroatoms. The van der Waals surface area contributed by atoms with Gasteiger partial charge in [0.25, 0.3) is 11.8 Å². The van der Waals surface area contributed by atoms with Crippen molar-refractivity contribution in [3.8, 4) is 0 Å². The van der Waals surface area contributed by atoms with Gasteiger partial charge in [0.1, 0.15) is 0 Å². The van der Waals surface area contributed by atoms with E-state index in [-0.39, 0.29) is 36.0 Å². The number of rotatable bonds is 5. The second-order valence-electron chi connectivity index (χ2n) is 8.52. The van der Waals surface area contributed by atoms with E-state index in [0.717, 1.165) is 21.7 Å². The monoisotopic (exact) mass is 436 g/mol. The molecule has 33 heavy (non-hydrogen) atoms. The average molecular weight is 437 g/mol. The summed E-state index contributed by atoms with van der Waals surface area (Å²) in [4.78, 5) is 39.8. The second kappa shape index (κ2) is 8.87. The summed E-state index contributed by atoms with van der Waals surface area (Å²) in [5, 5.41) is 0.958. The number of amides is 3. The molecule has 2 aliphatic rings. The van der Waals surface area contributed by atoms with Crippen LogP contribution in [0.25, 0.3) is 0 Å². The maximum atomic E-state index is 13.6. The maximum absolute atomic E-state index is 13.6. The molecule has 0 unspecified atom stereocenters. The van der Waals surface area contributed by atoms with Crippen LogP contribution in [0.5, 0.6) is 0 Å². The van der Waals surface area contributed by atoms with E-state index in [0.29, 0.717) is 0 Å². The smallest absolute Gasteiger partial charge is 0.253 e. The summed E-state index contributed by atoms with van der Waals surface area (Å²) in [6.07, 6.45) is 4.17. The highest BCUT2D eigenvalue weighted by atomic mass is 16.2. The molecule has 1 aliphatic carbocycles. The molecule has 1 saturated heterocycles. The fourth-order valence-corrected chi connectivity index (χ4v) is 4.99. The number of nitrogens with one attached hydrogen (secondary N) is 1. The summed E-state index contributed by atoms with van der Waals surface area (Å²) < 4.78 is 0. The molecule has 5 rings (SSSR count). The van der Waals surface area contributed by atoms with Crippen molar-refractivity contribution in [2.24, 2.45) is 11.8 Å². The molecule has 164 valence electrons. The first-order valence-electron chi connectivity index (χ1n) is 11.1. The molecule has 0 spiro atoms. The van der Waals surface area contributed by atoms with Crippen molar-refractivity contribution in [3.63, 3.8) is 0 Å². The predicted molar refractivity (Wildman–Crippen MR) is 125 cm³/mol. The Balaban J connectivity index is 1.47. The lowest BCUT2D eigenvalue weighted by Crippen LogP contribution is -2.47. The minimum atomic E-state index is -0.577. The summed E-state index contributed by atoms with van der Waals surface area (Å²) in [7, 11) is 0. The third-order valence-corrected chi connectivity index (χ3v) is 6.51. The molecule has 0 saturated carbocycles. The molecular weight excluding hydrogens is 412 g/mol. The summed E-state index contributed by atoms with van der Waals surface area (Å²) in [5.74, 6) is -2.72. The van der Waals surface area contributed by atoms with Gasteiger partial charge in [0, 0.05) is 11.8 Å². The van der Waals surface area contributed by atoms with Gasteiger partial charge in [0.15, 0.2) is 0 Å². The second-order valence-corrected chi connectivity index (χ2v) is 8.52. The molecule has 3 aromatic rings. The number of nitrogens with zero attached hydrogens (tertiary/aromatic N) is 1. The third-order valence-electron chi connectivity index (χ3n) is 6.51. The highest BCUT2D eigenvalue weighted by Gasteiger charge is 2.55. The van der Waals surface area contributed by atoms with Crippen LogP contribution in [0.15, 0.2) is 103 Å². The van der Waals surface area contributed by atoms with Crippen molar-refractivity contribution in [1.29, 1.82) is 0 Å². The van der Waals surface area contributed by atoms with Crippen LogP contribution in [-0.4, -0.2) is 22.7 Å². The minimum Gasteiger partial charge on any atom is -0.273 e. The van der Waals surface area contributed by atoms with E-state index in [9.17, 15) is 14.4 Å². The maximum Gasteiger partial charge on any atom is 0.253 e. The van der Waals surface area contributed by atoms with Gasteiger partial charge in [-0.05, 0) is 16.7 Å². The van der Waals surface area contributed by atoms with E-state index in [2.05, 4.69) is 5.43 Å². The molecule has 0 radical (unpaired) electrons. The number of allylic oxidation sites excluding steroid dienone is 2. The van der Waals surface area contributed by atoms with Crippen molar-refractivity contribution in [2.45, 2.75) is 18.3 Å². The van der Waals surface area contributed by atoms with Gasteiger partial charge in [-0.15, -0.1) is 0 Å². The largest absolute Gasteiger partial charge is 0.273 e. The van der Waals surface area contributed by atoms with Gasteiger partial charge in [-0.25, -0.2) is 0 Å². The number of carbonyl (C=O) groups excluding carboxylic acids is 3. The van der Waals surface area contributed by atoms with Gasteiger partial charge in [-0.1, -0.05) is 103 Å². The van der Waals surface area contributed by atoms with Crippen molar-refractivity contribution >= 4 is 17.7 Å². The number of hydrogen-bond acceptors (Lipinski definition) is 3. The number of fused-ring (bicyclic) bond motifs is 1. The van der Waals surface area contributed by atoms with Gasteiger partial charge >= 0.3 is 0 Å². The van der Waals surface area contributed by atoms with Crippen molar-refractivity contribution in [2.75, 3.05) is 0 Å². The summed E-state index contributed by atoms with van der Waals surface area (Å²) >= 11 is 0. The Morgan fingerprint density at radius 2 is 1.09 bits per heavy atom. The van der Waals surface area contributed by atoms with E-state index >= 15 is 0 Å². The van der Waals surface area contributed by atoms with Crippen LogP contribution < -0.4 is 5.43 Å². The fraction of sp³-hybridized carbons (Fsp3) is 0.179. The molecule has 1 N–H and O–H groups in total. The third kappa shape index (κ3) is 3.98. The van der Waals surface area contributed by atoms with Crippen LogP contribution in [-0.2, 0) is 20.8 Å². The van der Waals surface area contributed by atoms with Crippen LogP contribution in [0, 0.1) is 11.8 Å². The molecule has 3 aromatic carbocycles. The Bertz CT molecular complexity index is 1120. The first-order chi connectivity index (χ1) is 16.1. The molecular formula is C28H24N2O3. The zero-order valence-electron chi connectivity index (χ0n) is 18.0. The first kappa shape index (κ1) is 20.9. The van der Waals surface area contributed by atoms with Crippen molar-refractivity contribution in [3.05, 3.63) is 120 Å². The average Bonchev–Trinajstić information content (AvgIpc) is 3.10. The van der Waals surface area contributed by atoms with Gasteiger partial charge in [0.2, 0.25) is 5.91 Å². The lowest BCUT2D eigenvalue weighted by Gasteiger charge is -2.32. The summed E-state index contributed by atoms with van der Waals surface area (Å²) in [5.41, 5.74) is 5.37. The molecule has 1 heterocycles. The molecule has 1 aliphatic heterocycles. The highest BCUT2D eigenvalue weighted by Crippen LogP contribution is 2.48. The topological polar surface area (TPSA) is 66.5 Å². The number of benzene rings is 3. The standard InChI is InChI=1S/C28H24N2O3/c31-24(18-19-10-4-1-5-11-19)29-30-27(32)25-22(20-12-6-2-7-13-20)16-17-23(26(25)28(30)33)21-14-8-3-9-15-21/h1-17,22-23,25-26H,18H2,(H,29,31)/t22-,23-,25+,26+/m0/s1. The molecule has 0 bridgehead atoms. The lowest BCUT2D eigenvalue weighted by atomic mass is 9.68. The van der Waals surface area contributed by atoms with E-state index < -0.39 is 11.8 Å². The zero-order valence-corrected chi connectivity index (χ0v) is 18.0. The SMILES string of the molecule is O=C(Cc1ccccc1)NN1C(=O)[C@H]2[C@H](C1=O)[C@H](c1ccccc1)C=C[C@H]2c1ccccc1. The highest BCUT2D eigenvalue weighted by molar-refractivity contribution is 6.07. The predicted octanol–water partition coefficient (Wildman–Crippen LogP) is 4.00. The van der Waals surface area contributed by atoms with E-state index in [1.807, 2.05) is 103 Å². The zero-order chi connectivity index (χ0) is 22.8. The Morgan fingerprint density at radius 1 is 0.667 bits per heavy atom. The fourth-order valence-electron chi connectivity index (χ4n) is 4.99. The number of hydrogen-bond donors (Lipinski definition) is 1. The van der Waals surface area contributed by atoms with Gasteiger partial charge in [-0.2, -0.15) is 5.01 Å². The number of carbonyl (C=O) groups is 3. The summed E-state index contributed by atoms with van der Waals surface area (Å²) in [6, 6.07) is 28.7. The van der Waals surface area contributed by atoms with E-state index in [1.54, 1.807) is 0 Å². The van der Waals surface area contributed by atoms with Crippen LogP contribution >= 0.6 is 0 Å². The van der Waals surface area contributed by atoms with Gasteiger partial charge in [0.05, 0.1) is 18.3 Å². The van der Waals surface area contributed by atoms with Gasteiger partial charge < -0.3 is 0 Å². The Hall–Kier alpha value is -3.99. The quantitative estimate of drug-likeness (QED) is 0.486. The first-order valence-corrected chi connectivity index (χ1v) is 11.1. The Kier molecular flexibility index (Phi) is 5.61. The van der Waals surface area contributed by atoms with Crippen molar-refractivity contribution in [1.82, 2.24) is 10.4 Å². The van der Waals surface area contributed by atoms with Crippen LogP contribution in [0.4, 0.5) is 0 Å². The molecule has 5 nitrogen and oxygen atoms in total. The van der Waals surface area contributed by atoms with Gasteiger partial charge in [-0.3, -0.25) is 19.8 Å². The molecule has 0 aromatic heterocycles. The van der Waals surface area contributed by atoms with Crippen molar-refractivity contribution < 1.29 is 14.4 Å². The Labute approximate surface area is 192 Å². The number of hydrazine groups is 1. The molecule has 4 atom stereocenters. The molecule has 3 amide bonds.